The molecule has 0 bridgehead atoms. The van der Waals surface area contributed by atoms with Crippen molar-refractivity contribution in [3.63, 3.8) is 0 Å². The van der Waals surface area contributed by atoms with Crippen LogP contribution in [0.5, 0.6) is 0 Å². The van der Waals surface area contributed by atoms with Crippen LogP contribution in [0.1, 0.15) is 11.3 Å². The second kappa shape index (κ2) is 12.4. The zero-order valence-electron chi connectivity index (χ0n) is 18.5. The Morgan fingerprint density at radius 1 is 0.676 bits per heavy atom. The summed E-state index contributed by atoms with van der Waals surface area (Å²) in [4.78, 5) is 4.18. The van der Waals surface area contributed by atoms with Gasteiger partial charge in [0, 0.05) is 16.6 Å². The number of rotatable bonds is 3. The van der Waals surface area contributed by atoms with Crippen molar-refractivity contribution < 1.29 is 26.8 Å². The number of hydrogen-bond acceptors (Lipinski definition) is 1. The molecule has 0 saturated carbocycles. The Balaban J connectivity index is 0.000000193. The first-order valence-corrected chi connectivity index (χ1v) is 12.0. The average Bonchev–Trinajstić information content (AvgIpc) is 2.87. The van der Waals surface area contributed by atoms with E-state index in [0.717, 1.165) is 5.69 Å². The molecule has 0 saturated heterocycles. The molecule has 5 aromatic rings. The molecule has 0 fully saturated rings. The first-order chi connectivity index (χ1) is 16.2. The zero-order valence-corrected chi connectivity index (χ0v) is 21.6. The van der Waals surface area contributed by atoms with E-state index in [9.17, 15) is 4.39 Å². The molecule has 0 unspecified atom stereocenters. The molecular weight excluding hydrogens is 621 g/mol. The van der Waals surface area contributed by atoms with Gasteiger partial charge in [-0.2, -0.15) is 0 Å². The summed E-state index contributed by atoms with van der Waals surface area (Å²) >= 11 is 0. The van der Waals surface area contributed by atoms with Gasteiger partial charge in [0.1, 0.15) is 5.82 Å². The molecule has 1 heterocycles. The summed E-state index contributed by atoms with van der Waals surface area (Å²) in [6.45, 7) is 1.83. The number of pyridine rings is 1. The van der Waals surface area contributed by atoms with Crippen molar-refractivity contribution >= 4 is 34.7 Å². The Morgan fingerprint density at radius 3 is 1.59 bits per heavy atom. The predicted molar refractivity (Wildman–Crippen MR) is 138 cm³/mol. The van der Waals surface area contributed by atoms with Crippen LogP contribution in [-0.2, 0) is 22.4 Å². The van der Waals surface area contributed by atoms with Gasteiger partial charge in [-0.05, 0) is 49.0 Å². The second-order valence-corrected chi connectivity index (χ2v) is 9.63. The predicted octanol–water partition coefficient (Wildman–Crippen LogP) is 6.06. The van der Waals surface area contributed by atoms with Gasteiger partial charge in [-0.15, -0.1) is 11.6 Å². The summed E-state index contributed by atoms with van der Waals surface area (Å²) in [5.74, 6) is 1.93. The molecule has 4 heteroatoms. The third-order valence-corrected chi connectivity index (χ3v) is 7.56. The minimum absolute atomic E-state index is 0. The van der Waals surface area contributed by atoms with E-state index in [4.69, 9.17) is 6.42 Å². The van der Waals surface area contributed by atoms with Crippen molar-refractivity contribution in [3.05, 3.63) is 139 Å². The van der Waals surface area contributed by atoms with Gasteiger partial charge in [0.2, 0.25) is 0 Å². The minimum atomic E-state index is -0.446. The van der Waals surface area contributed by atoms with Gasteiger partial charge in [-0.25, -0.2) is 4.39 Å². The molecule has 5 rings (SSSR count). The first-order valence-electron chi connectivity index (χ1n) is 10.6. The van der Waals surface area contributed by atoms with Gasteiger partial charge in [0.25, 0.3) is 0 Å². The van der Waals surface area contributed by atoms with E-state index in [0.29, 0.717) is 16.5 Å². The molecule has 0 N–H and O–H groups in total. The Morgan fingerprint density at radius 2 is 1.15 bits per heavy atom. The smallest absolute Gasteiger partial charge is 0.366 e. The first kappa shape index (κ1) is 25.6. The molecule has 0 aliphatic rings. The summed E-state index contributed by atoms with van der Waals surface area (Å²) in [6, 6.07) is 38.6. The summed E-state index contributed by atoms with van der Waals surface area (Å²) < 4.78 is 13.3. The van der Waals surface area contributed by atoms with Gasteiger partial charge in [-0.3, -0.25) is 10.9 Å². The number of hydrogen-bond donors (Lipinski definition) is 0. The van der Waals surface area contributed by atoms with Crippen LogP contribution >= 0.6 is 7.92 Å². The van der Waals surface area contributed by atoms with Crippen molar-refractivity contribution in [2.75, 3.05) is 0 Å². The number of aromatic nitrogens is 1. The molecule has 0 aliphatic carbocycles. The van der Waals surface area contributed by atoms with Crippen LogP contribution in [0.2, 0.25) is 0 Å². The third-order valence-electron chi connectivity index (χ3n) is 5.12. The van der Waals surface area contributed by atoms with E-state index in [1.165, 1.54) is 28.0 Å². The van der Waals surface area contributed by atoms with Crippen molar-refractivity contribution in [2.45, 2.75) is 6.92 Å². The zero-order chi connectivity index (χ0) is 23.0. The maximum absolute atomic E-state index is 13.3. The molecule has 0 atom stereocenters. The van der Waals surface area contributed by atoms with Crippen LogP contribution in [0, 0.1) is 25.1 Å². The molecule has 1 aromatic heterocycles. The minimum Gasteiger partial charge on any atom is -0.366 e. The van der Waals surface area contributed by atoms with Crippen LogP contribution in [0.15, 0.2) is 115 Å². The van der Waals surface area contributed by atoms with Gasteiger partial charge >= 0.3 is 22.4 Å². The van der Waals surface area contributed by atoms with Gasteiger partial charge in [-0.1, -0.05) is 91.0 Å². The fourth-order valence-corrected chi connectivity index (χ4v) is 5.86. The third kappa shape index (κ3) is 6.09. The molecule has 1 nitrogen and oxygen atoms in total. The SMILES string of the molecule is [Au+].[C-]#Cc1ccc(F)c2ccc(C)nc12.c1ccc(P(c2ccccc2)c2ccccc2)cc1. The Labute approximate surface area is 217 Å². The topological polar surface area (TPSA) is 12.9 Å². The summed E-state index contributed by atoms with van der Waals surface area (Å²) in [6.07, 6.45) is 7.05. The Hall–Kier alpha value is -3.05. The second-order valence-electron chi connectivity index (χ2n) is 7.41. The van der Waals surface area contributed by atoms with Crippen LogP contribution in [0.4, 0.5) is 4.39 Å². The Bertz CT molecular complexity index is 1290. The van der Waals surface area contributed by atoms with Crippen LogP contribution in [0.3, 0.4) is 0 Å². The fourth-order valence-electron chi connectivity index (χ4n) is 3.56. The summed E-state index contributed by atoms with van der Waals surface area (Å²) in [7, 11) is -0.446. The van der Waals surface area contributed by atoms with E-state index in [2.05, 4.69) is 102 Å². The normalized spacial score (nSPS) is 10.1. The van der Waals surface area contributed by atoms with Gasteiger partial charge in [0.15, 0.2) is 0 Å². The van der Waals surface area contributed by atoms with Gasteiger partial charge in [0.05, 0.1) is 0 Å². The van der Waals surface area contributed by atoms with Crippen molar-refractivity contribution in [1.29, 1.82) is 0 Å². The number of nitrogens with zero attached hydrogens (tertiary/aromatic N) is 1. The fraction of sp³-hybridized carbons (Fsp3) is 0.0333. The molecule has 0 spiro atoms. The molecular formula is C30H22AuFNP. The summed E-state index contributed by atoms with van der Waals surface area (Å²) in [5.41, 5.74) is 1.82. The number of fused-ring (bicyclic) bond motifs is 1. The molecule has 0 amide bonds. The standard InChI is InChI=1S/C18H15P.C12H7FN.Au/c1-4-10-16(11-5-1)19(17-12-6-2-7-13-17)18-14-8-3-9-15-18;1-3-9-5-7-11(13)10-6-4-8(2)14-12(9)10;/h1-15H;4-7H,2H3;/q;-1;+1. The van der Waals surface area contributed by atoms with Crippen molar-refractivity contribution in [3.8, 4) is 5.92 Å². The van der Waals surface area contributed by atoms with Crippen LogP contribution in [0.25, 0.3) is 10.9 Å². The number of aryl methyl sites for hydroxylation is 1. The Kier molecular flexibility index (Phi) is 9.34. The van der Waals surface area contributed by atoms with E-state index >= 15 is 0 Å². The van der Waals surface area contributed by atoms with Crippen molar-refractivity contribution in [2.24, 2.45) is 0 Å². The molecule has 170 valence electrons. The maximum atomic E-state index is 13.3. The molecule has 0 aliphatic heterocycles. The number of benzene rings is 4. The maximum Gasteiger partial charge on any atom is 1.00 e. The quantitative estimate of drug-likeness (QED) is 0.101. The molecule has 0 radical (unpaired) electrons. The molecule has 4 aromatic carbocycles. The van der Waals surface area contributed by atoms with Crippen LogP contribution in [-0.4, -0.2) is 4.98 Å². The molecule has 34 heavy (non-hydrogen) atoms. The van der Waals surface area contributed by atoms with E-state index in [-0.39, 0.29) is 28.2 Å². The van der Waals surface area contributed by atoms with Crippen molar-refractivity contribution in [1.82, 2.24) is 4.98 Å². The monoisotopic (exact) mass is 643 g/mol. The van der Waals surface area contributed by atoms with E-state index < -0.39 is 7.92 Å². The number of halogens is 1. The average molecular weight is 643 g/mol. The van der Waals surface area contributed by atoms with E-state index in [1.807, 2.05) is 6.92 Å². The summed E-state index contributed by atoms with van der Waals surface area (Å²) in [5, 5.41) is 4.63. The van der Waals surface area contributed by atoms with E-state index in [1.54, 1.807) is 12.1 Å². The van der Waals surface area contributed by atoms with Crippen LogP contribution < -0.4 is 15.9 Å². The van der Waals surface area contributed by atoms with Gasteiger partial charge < -0.3 is 6.42 Å². The largest absolute Gasteiger partial charge is 1.00 e.